The van der Waals surface area contributed by atoms with Crippen molar-refractivity contribution in [2.45, 2.75) is 38.8 Å². The van der Waals surface area contributed by atoms with Gasteiger partial charge >= 0.3 is 5.97 Å². The molecule has 0 aliphatic carbocycles. The maximum Gasteiger partial charge on any atom is 0.307 e. The zero-order valence-electron chi connectivity index (χ0n) is 15.3. The molecule has 0 bridgehead atoms. The summed E-state index contributed by atoms with van der Waals surface area (Å²) in [6, 6.07) is 9.52. The minimum absolute atomic E-state index is 0.00971. The molecule has 2 aromatic heterocycles. The summed E-state index contributed by atoms with van der Waals surface area (Å²) in [5, 5.41) is 14.1. The molecule has 1 aromatic carbocycles. The van der Waals surface area contributed by atoms with Gasteiger partial charge in [0.05, 0.1) is 12.5 Å². The van der Waals surface area contributed by atoms with Crippen molar-refractivity contribution in [2.75, 3.05) is 7.05 Å². The summed E-state index contributed by atoms with van der Waals surface area (Å²) < 4.78 is 7.19. The minimum Gasteiger partial charge on any atom is -0.481 e. The molecule has 0 unspecified atom stereocenters. The molecule has 3 heterocycles. The van der Waals surface area contributed by atoms with Gasteiger partial charge in [0.25, 0.3) is 5.91 Å². The molecule has 0 saturated heterocycles. The second-order valence-corrected chi connectivity index (χ2v) is 7.05. The Morgan fingerprint density at radius 3 is 2.85 bits per heavy atom. The standard InChI is InChI=1S/C20H21N3O4/c1-12-9-16(21-27-12)20(26)22(2)13-7-8-18-15(10-19(24)25)14-5-3-4-6-17(14)23(18)11-13/h3-6,9,13H,7-8,10-11H2,1-2H3,(H,24,25)/t13-/m1/s1. The number of carbonyl (C=O) groups excluding carboxylic acids is 1. The lowest BCUT2D eigenvalue weighted by Crippen LogP contribution is -2.42. The van der Waals surface area contributed by atoms with Crippen molar-refractivity contribution in [1.29, 1.82) is 0 Å². The molecule has 0 saturated carbocycles. The van der Waals surface area contributed by atoms with Gasteiger partial charge in [-0.3, -0.25) is 9.59 Å². The molecule has 0 fully saturated rings. The molecule has 1 aliphatic heterocycles. The average molecular weight is 367 g/mol. The van der Waals surface area contributed by atoms with E-state index in [2.05, 4.69) is 9.72 Å². The quantitative estimate of drug-likeness (QED) is 0.766. The van der Waals surface area contributed by atoms with Crippen LogP contribution in [-0.2, 0) is 24.2 Å². The van der Waals surface area contributed by atoms with Gasteiger partial charge in [0.15, 0.2) is 5.69 Å². The third-order valence-electron chi connectivity index (χ3n) is 5.34. The van der Waals surface area contributed by atoms with Gasteiger partial charge in [0, 0.05) is 36.3 Å². The fourth-order valence-electron chi connectivity index (χ4n) is 4.01. The summed E-state index contributed by atoms with van der Waals surface area (Å²) in [6.07, 6.45) is 1.53. The van der Waals surface area contributed by atoms with E-state index >= 15 is 0 Å². The molecule has 3 aromatic rings. The highest BCUT2D eigenvalue weighted by Crippen LogP contribution is 2.32. The summed E-state index contributed by atoms with van der Waals surface area (Å²) in [4.78, 5) is 25.8. The Labute approximate surface area is 156 Å². The Hall–Kier alpha value is -3.09. The lowest BCUT2D eigenvalue weighted by molar-refractivity contribution is -0.136. The highest BCUT2D eigenvalue weighted by molar-refractivity contribution is 5.92. The fourth-order valence-corrected chi connectivity index (χ4v) is 4.01. The number of hydrogen-bond donors (Lipinski definition) is 1. The minimum atomic E-state index is -0.829. The molecule has 7 nitrogen and oxygen atoms in total. The fraction of sp³-hybridized carbons (Fsp3) is 0.350. The monoisotopic (exact) mass is 367 g/mol. The van der Waals surface area contributed by atoms with Crippen LogP contribution < -0.4 is 0 Å². The average Bonchev–Trinajstić information content (AvgIpc) is 3.22. The second-order valence-electron chi connectivity index (χ2n) is 7.05. The van der Waals surface area contributed by atoms with Crippen molar-refractivity contribution >= 4 is 22.8 Å². The highest BCUT2D eigenvalue weighted by atomic mass is 16.5. The predicted octanol–water partition coefficient (Wildman–Crippen LogP) is 2.65. The molecule has 0 radical (unpaired) electrons. The van der Waals surface area contributed by atoms with Crippen LogP contribution in [0, 0.1) is 6.92 Å². The number of aromatic nitrogens is 2. The van der Waals surface area contributed by atoms with E-state index in [0.29, 0.717) is 18.0 Å². The molecule has 1 N–H and O–H groups in total. The third kappa shape index (κ3) is 2.99. The van der Waals surface area contributed by atoms with Gasteiger partial charge < -0.3 is 19.1 Å². The Balaban J connectivity index is 1.67. The van der Waals surface area contributed by atoms with Gasteiger partial charge in [-0.05, 0) is 31.4 Å². The number of carboxylic acids is 1. The van der Waals surface area contributed by atoms with Crippen molar-refractivity contribution in [3.05, 3.63) is 53.0 Å². The Morgan fingerprint density at radius 1 is 1.37 bits per heavy atom. The number of benzene rings is 1. The number of carbonyl (C=O) groups is 2. The van der Waals surface area contributed by atoms with Crippen LogP contribution in [0.5, 0.6) is 0 Å². The number of fused-ring (bicyclic) bond motifs is 3. The van der Waals surface area contributed by atoms with Crippen LogP contribution in [0.25, 0.3) is 10.9 Å². The molecule has 0 spiro atoms. The van der Waals surface area contributed by atoms with Gasteiger partial charge in [-0.2, -0.15) is 0 Å². The van der Waals surface area contributed by atoms with Crippen molar-refractivity contribution in [3.63, 3.8) is 0 Å². The van der Waals surface area contributed by atoms with Crippen molar-refractivity contribution in [3.8, 4) is 0 Å². The van der Waals surface area contributed by atoms with Gasteiger partial charge in [0.2, 0.25) is 0 Å². The van der Waals surface area contributed by atoms with Crippen LogP contribution in [0.15, 0.2) is 34.9 Å². The summed E-state index contributed by atoms with van der Waals surface area (Å²) >= 11 is 0. The van der Waals surface area contributed by atoms with Gasteiger partial charge in [0.1, 0.15) is 5.76 Å². The van der Waals surface area contributed by atoms with Crippen LogP contribution in [0.3, 0.4) is 0 Å². The number of para-hydroxylation sites is 1. The number of amides is 1. The van der Waals surface area contributed by atoms with E-state index in [4.69, 9.17) is 4.52 Å². The topological polar surface area (TPSA) is 88.6 Å². The van der Waals surface area contributed by atoms with Crippen LogP contribution >= 0.6 is 0 Å². The number of hydrogen-bond acceptors (Lipinski definition) is 4. The smallest absolute Gasteiger partial charge is 0.307 e. The Bertz CT molecular complexity index is 1030. The zero-order valence-corrected chi connectivity index (χ0v) is 15.3. The summed E-state index contributed by atoms with van der Waals surface area (Å²) in [5.41, 5.74) is 3.28. The summed E-state index contributed by atoms with van der Waals surface area (Å²) in [6.45, 7) is 2.39. The third-order valence-corrected chi connectivity index (χ3v) is 5.34. The first-order chi connectivity index (χ1) is 13.0. The molecule has 140 valence electrons. The Kier molecular flexibility index (Phi) is 4.22. The maximum atomic E-state index is 12.7. The first kappa shape index (κ1) is 17.3. The lowest BCUT2D eigenvalue weighted by atomic mass is 9.99. The molecule has 27 heavy (non-hydrogen) atoms. The molecule has 1 amide bonds. The number of aryl methyl sites for hydroxylation is 1. The summed E-state index contributed by atoms with van der Waals surface area (Å²) in [7, 11) is 1.78. The number of rotatable bonds is 4. The molecule has 7 heteroatoms. The van der Waals surface area contributed by atoms with Crippen LogP contribution in [-0.4, -0.2) is 44.7 Å². The van der Waals surface area contributed by atoms with E-state index in [0.717, 1.165) is 35.0 Å². The van der Waals surface area contributed by atoms with Gasteiger partial charge in [-0.1, -0.05) is 23.4 Å². The molecule has 1 aliphatic rings. The van der Waals surface area contributed by atoms with E-state index in [1.54, 1.807) is 24.9 Å². The van der Waals surface area contributed by atoms with Crippen LogP contribution in [0.4, 0.5) is 0 Å². The number of carboxylic acid groups (broad SMARTS) is 1. The SMILES string of the molecule is Cc1cc(C(=O)N(C)[C@@H]2CCc3c(CC(=O)O)c4ccccc4n3C2)no1. The van der Waals surface area contributed by atoms with Crippen molar-refractivity contribution < 1.29 is 19.2 Å². The van der Waals surface area contributed by atoms with Crippen LogP contribution in [0.1, 0.15) is 33.9 Å². The molecule has 1 atom stereocenters. The number of likely N-dealkylation sites (N-methyl/N-ethyl adjacent to an activating group) is 1. The van der Waals surface area contributed by atoms with Crippen LogP contribution in [0.2, 0.25) is 0 Å². The normalized spacial score (nSPS) is 16.3. The zero-order chi connectivity index (χ0) is 19.1. The number of aliphatic carboxylic acids is 1. The molecule has 4 rings (SSSR count). The van der Waals surface area contributed by atoms with Crippen molar-refractivity contribution in [2.24, 2.45) is 0 Å². The van der Waals surface area contributed by atoms with Gasteiger partial charge in [-0.15, -0.1) is 0 Å². The van der Waals surface area contributed by atoms with E-state index in [1.807, 2.05) is 24.3 Å². The van der Waals surface area contributed by atoms with Gasteiger partial charge in [-0.25, -0.2) is 0 Å². The second kappa shape index (κ2) is 6.57. The first-order valence-corrected chi connectivity index (χ1v) is 8.97. The number of nitrogens with zero attached hydrogens (tertiary/aromatic N) is 3. The maximum absolute atomic E-state index is 12.7. The largest absolute Gasteiger partial charge is 0.481 e. The van der Waals surface area contributed by atoms with E-state index in [9.17, 15) is 14.7 Å². The first-order valence-electron chi connectivity index (χ1n) is 8.97. The lowest BCUT2D eigenvalue weighted by Gasteiger charge is -2.33. The van der Waals surface area contributed by atoms with Crippen molar-refractivity contribution in [1.82, 2.24) is 14.6 Å². The molecular formula is C20H21N3O4. The predicted molar refractivity (Wildman–Crippen MR) is 98.7 cm³/mol. The van der Waals surface area contributed by atoms with E-state index in [1.165, 1.54) is 0 Å². The Morgan fingerprint density at radius 2 is 2.15 bits per heavy atom. The molecular weight excluding hydrogens is 346 g/mol. The summed E-state index contributed by atoms with van der Waals surface area (Å²) in [5.74, 6) is -0.389. The van der Waals surface area contributed by atoms with E-state index in [-0.39, 0.29) is 18.4 Å². The van der Waals surface area contributed by atoms with E-state index < -0.39 is 5.97 Å². The highest BCUT2D eigenvalue weighted by Gasteiger charge is 2.30.